The van der Waals surface area contributed by atoms with Crippen LogP contribution in [0.1, 0.15) is 12.5 Å². The Balaban J connectivity index is 1.87. The molecule has 8 heteroatoms. The molecule has 24 heavy (non-hydrogen) atoms. The number of amides is 1. The van der Waals surface area contributed by atoms with Crippen LogP contribution in [-0.2, 0) is 21.2 Å². The highest BCUT2D eigenvalue weighted by atomic mass is 32.2. The van der Waals surface area contributed by atoms with Crippen LogP contribution >= 0.6 is 0 Å². The number of carbonyl (C=O) groups is 1. The van der Waals surface area contributed by atoms with Gasteiger partial charge >= 0.3 is 0 Å². The van der Waals surface area contributed by atoms with Crippen molar-refractivity contribution >= 4 is 27.3 Å². The van der Waals surface area contributed by atoms with Gasteiger partial charge in [-0.2, -0.15) is 4.72 Å². The first-order valence-corrected chi connectivity index (χ1v) is 8.86. The number of hydrogen-bond donors (Lipinski definition) is 3. The first-order valence-electron chi connectivity index (χ1n) is 7.38. The predicted molar refractivity (Wildman–Crippen MR) is 88.6 cm³/mol. The fraction of sp³-hybridized carbons (Fsp3) is 0.188. The van der Waals surface area contributed by atoms with Gasteiger partial charge in [-0.05, 0) is 36.2 Å². The van der Waals surface area contributed by atoms with E-state index in [1.165, 1.54) is 0 Å². The molecule has 2 aromatic carbocycles. The summed E-state index contributed by atoms with van der Waals surface area (Å²) in [4.78, 5) is 12.3. The van der Waals surface area contributed by atoms with Crippen LogP contribution in [0.25, 0.3) is 0 Å². The van der Waals surface area contributed by atoms with Gasteiger partial charge in [0, 0.05) is 5.69 Å². The number of halogens is 1. The van der Waals surface area contributed by atoms with Crippen molar-refractivity contribution in [1.82, 2.24) is 4.72 Å². The molecule has 0 aromatic heterocycles. The summed E-state index contributed by atoms with van der Waals surface area (Å²) in [6.45, 7) is 1.95. The average Bonchev–Trinajstić information content (AvgIpc) is 2.54. The summed E-state index contributed by atoms with van der Waals surface area (Å²) in [6, 6.07) is 10.5. The highest BCUT2D eigenvalue weighted by Gasteiger charge is 2.33. The molecular weight excluding hydrogens is 333 g/mol. The molecule has 0 fully saturated rings. The van der Waals surface area contributed by atoms with Crippen LogP contribution in [0.2, 0.25) is 0 Å². The normalized spacial score (nSPS) is 18.3. The lowest BCUT2D eigenvalue weighted by Gasteiger charge is -2.27. The molecule has 0 saturated heterocycles. The summed E-state index contributed by atoms with van der Waals surface area (Å²) in [7, 11) is -3.90. The van der Waals surface area contributed by atoms with Gasteiger partial charge in [0.05, 0.1) is 5.69 Å². The maximum Gasteiger partial charge on any atom is 0.262 e. The third kappa shape index (κ3) is 3.10. The average molecular weight is 349 g/mol. The second kappa shape index (κ2) is 6.21. The predicted octanol–water partition coefficient (Wildman–Crippen LogP) is 2.06. The third-order valence-corrected chi connectivity index (χ3v) is 5.20. The van der Waals surface area contributed by atoms with Crippen molar-refractivity contribution in [2.75, 3.05) is 10.6 Å². The van der Waals surface area contributed by atoms with Crippen molar-refractivity contribution in [2.24, 2.45) is 0 Å². The molecule has 126 valence electrons. The number of hydrogen-bond acceptors (Lipinski definition) is 4. The fourth-order valence-corrected chi connectivity index (χ4v) is 3.79. The van der Waals surface area contributed by atoms with Crippen molar-refractivity contribution in [3.63, 3.8) is 0 Å². The van der Waals surface area contributed by atoms with Gasteiger partial charge in [0.25, 0.3) is 5.91 Å². The number of carbonyl (C=O) groups excluding carboxylic acids is 1. The zero-order chi connectivity index (χ0) is 17.3. The Kier molecular flexibility index (Phi) is 4.25. The van der Waals surface area contributed by atoms with Gasteiger partial charge in [-0.1, -0.05) is 25.1 Å². The molecule has 0 spiro atoms. The van der Waals surface area contributed by atoms with Crippen LogP contribution in [0.3, 0.4) is 0 Å². The summed E-state index contributed by atoms with van der Waals surface area (Å²) in [5.74, 6) is -1.16. The molecule has 0 radical (unpaired) electrons. The maximum atomic E-state index is 13.4. The molecule has 1 amide bonds. The molecule has 0 aliphatic carbocycles. The Bertz CT molecular complexity index is 899. The first kappa shape index (κ1) is 16.4. The van der Waals surface area contributed by atoms with E-state index < -0.39 is 27.9 Å². The van der Waals surface area contributed by atoms with E-state index in [0.29, 0.717) is 12.1 Å². The SMILES string of the molecule is CCc1ccccc1NC(=O)C1Nc2cc(F)ccc2S(=O)(=O)N1. The molecule has 0 saturated carbocycles. The third-order valence-electron chi connectivity index (χ3n) is 3.72. The molecule has 0 bridgehead atoms. The number of nitrogens with one attached hydrogen (secondary N) is 3. The molecule has 6 nitrogen and oxygen atoms in total. The van der Waals surface area contributed by atoms with Gasteiger partial charge < -0.3 is 10.6 Å². The van der Waals surface area contributed by atoms with Crippen LogP contribution in [0.5, 0.6) is 0 Å². The van der Waals surface area contributed by atoms with Crippen molar-refractivity contribution in [1.29, 1.82) is 0 Å². The van der Waals surface area contributed by atoms with Crippen molar-refractivity contribution in [2.45, 2.75) is 24.4 Å². The van der Waals surface area contributed by atoms with E-state index in [-0.39, 0.29) is 10.6 Å². The standard InChI is InChI=1S/C16H16FN3O3S/c1-2-10-5-3-4-6-12(10)19-16(21)15-18-13-9-11(17)7-8-14(13)24(22,23)20-15/h3-9,15,18,20H,2H2,1H3,(H,19,21). The van der Waals surface area contributed by atoms with Gasteiger partial charge in [-0.25, -0.2) is 12.8 Å². The van der Waals surface area contributed by atoms with Gasteiger partial charge in [0.1, 0.15) is 10.7 Å². The van der Waals surface area contributed by atoms with Crippen LogP contribution in [0.4, 0.5) is 15.8 Å². The molecule has 1 aliphatic rings. The molecule has 3 rings (SSSR count). The van der Waals surface area contributed by atoms with Crippen LogP contribution < -0.4 is 15.4 Å². The van der Waals surface area contributed by atoms with Gasteiger partial charge in [-0.3, -0.25) is 4.79 Å². The van der Waals surface area contributed by atoms with Crippen LogP contribution in [0, 0.1) is 5.82 Å². The topological polar surface area (TPSA) is 87.3 Å². The second-order valence-electron chi connectivity index (χ2n) is 5.34. The number of sulfonamides is 1. The Morgan fingerprint density at radius 3 is 2.75 bits per heavy atom. The number of aryl methyl sites for hydroxylation is 1. The number of fused-ring (bicyclic) bond motifs is 1. The summed E-state index contributed by atoms with van der Waals surface area (Å²) in [6.07, 6.45) is -0.511. The van der Waals surface area contributed by atoms with E-state index in [1.54, 1.807) is 12.1 Å². The van der Waals surface area contributed by atoms with E-state index in [0.717, 1.165) is 23.8 Å². The summed E-state index contributed by atoms with van der Waals surface area (Å²) in [5, 5.41) is 5.40. The summed E-state index contributed by atoms with van der Waals surface area (Å²) in [5.41, 5.74) is 1.59. The largest absolute Gasteiger partial charge is 0.360 e. The maximum absolute atomic E-state index is 13.4. The molecule has 1 heterocycles. The molecule has 3 N–H and O–H groups in total. The summed E-state index contributed by atoms with van der Waals surface area (Å²) >= 11 is 0. The Labute approximate surface area is 139 Å². The van der Waals surface area contributed by atoms with E-state index in [4.69, 9.17) is 0 Å². The quantitative estimate of drug-likeness (QED) is 0.791. The molecule has 1 atom stereocenters. The molecular formula is C16H16FN3O3S. The van der Waals surface area contributed by atoms with E-state index in [2.05, 4.69) is 15.4 Å². The van der Waals surface area contributed by atoms with Crippen molar-refractivity contribution in [3.8, 4) is 0 Å². The van der Waals surface area contributed by atoms with Gasteiger partial charge in [-0.15, -0.1) is 0 Å². The molecule has 1 unspecified atom stereocenters. The highest BCUT2D eigenvalue weighted by molar-refractivity contribution is 7.89. The summed E-state index contributed by atoms with van der Waals surface area (Å²) < 4.78 is 40.1. The monoisotopic (exact) mass is 349 g/mol. The Morgan fingerprint density at radius 2 is 2.00 bits per heavy atom. The lowest BCUT2D eigenvalue weighted by molar-refractivity contribution is -0.117. The minimum absolute atomic E-state index is 0.0534. The second-order valence-corrected chi connectivity index (χ2v) is 7.02. The Hall–Kier alpha value is -2.45. The number of anilines is 2. The van der Waals surface area contributed by atoms with Crippen molar-refractivity contribution in [3.05, 3.63) is 53.8 Å². The van der Waals surface area contributed by atoms with Crippen LogP contribution in [0.15, 0.2) is 47.4 Å². The lowest BCUT2D eigenvalue weighted by atomic mass is 10.1. The minimum atomic E-state index is -3.90. The van der Waals surface area contributed by atoms with E-state index in [9.17, 15) is 17.6 Å². The van der Waals surface area contributed by atoms with Gasteiger partial charge in [0.15, 0.2) is 6.17 Å². The Morgan fingerprint density at radius 1 is 1.25 bits per heavy atom. The minimum Gasteiger partial charge on any atom is -0.360 e. The van der Waals surface area contributed by atoms with E-state index in [1.807, 2.05) is 19.1 Å². The zero-order valence-electron chi connectivity index (χ0n) is 12.8. The first-order chi connectivity index (χ1) is 11.4. The van der Waals surface area contributed by atoms with E-state index >= 15 is 0 Å². The lowest BCUT2D eigenvalue weighted by Crippen LogP contribution is -2.51. The number of rotatable bonds is 3. The van der Waals surface area contributed by atoms with Crippen LogP contribution in [-0.4, -0.2) is 20.5 Å². The number of benzene rings is 2. The smallest absolute Gasteiger partial charge is 0.262 e. The highest BCUT2D eigenvalue weighted by Crippen LogP contribution is 2.27. The molecule has 1 aliphatic heterocycles. The number of para-hydroxylation sites is 1. The van der Waals surface area contributed by atoms with Crippen molar-refractivity contribution < 1.29 is 17.6 Å². The molecule has 2 aromatic rings. The zero-order valence-corrected chi connectivity index (χ0v) is 13.7. The fourth-order valence-electron chi connectivity index (χ4n) is 2.53. The van der Waals surface area contributed by atoms with Gasteiger partial charge in [0.2, 0.25) is 10.0 Å².